The second kappa shape index (κ2) is 3.67. The molecule has 0 amide bonds. The van der Waals surface area contributed by atoms with Gasteiger partial charge < -0.3 is 0 Å². The number of hydrogen-bond acceptors (Lipinski definition) is 3. The van der Waals surface area contributed by atoms with Gasteiger partial charge in [-0.15, -0.1) is 0 Å². The SMILES string of the molecule is O=S(=O)(Cl)c1nccn1-c1ccccc1. The summed E-state index contributed by atoms with van der Waals surface area (Å²) < 4.78 is 23.8. The molecule has 6 heteroatoms. The van der Waals surface area contributed by atoms with Crippen molar-refractivity contribution in [2.24, 2.45) is 0 Å². The number of hydrogen-bond donors (Lipinski definition) is 0. The molecule has 0 atom stereocenters. The predicted octanol–water partition coefficient (Wildman–Crippen LogP) is 1.80. The minimum atomic E-state index is -3.81. The van der Waals surface area contributed by atoms with Gasteiger partial charge in [-0.3, -0.25) is 4.57 Å². The number of benzene rings is 1. The Bertz CT molecular complexity index is 563. The van der Waals surface area contributed by atoms with E-state index in [4.69, 9.17) is 10.7 Å². The van der Waals surface area contributed by atoms with Gasteiger partial charge in [-0.05, 0) is 12.1 Å². The number of rotatable bonds is 2. The smallest absolute Gasteiger partial charge is 0.290 e. The predicted molar refractivity (Wildman–Crippen MR) is 56.6 cm³/mol. The van der Waals surface area contributed by atoms with Crippen molar-refractivity contribution in [3.8, 4) is 5.69 Å². The first-order valence-electron chi connectivity index (χ1n) is 4.12. The molecule has 0 aliphatic carbocycles. The lowest BCUT2D eigenvalue weighted by Gasteiger charge is -2.04. The van der Waals surface area contributed by atoms with E-state index in [1.54, 1.807) is 30.5 Å². The Morgan fingerprint density at radius 3 is 2.47 bits per heavy atom. The molecule has 0 fully saturated rings. The van der Waals surface area contributed by atoms with E-state index in [-0.39, 0.29) is 5.16 Å². The van der Waals surface area contributed by atoms with Gasteiger partial charge in [0.2, 0.25) is 5.16 Å². The van der Waals surface area contributed by atoms with Gasteiger partial charge in [0.15, 0.2) is 0 Å². The van der Waals surface area contributed by atoms with Crippen LogP contribution < -0.4 is 0 Å². The van der Waals surface area contributed by atoms with Crippen LogP contribution in [0.1, 0.15) is 0 Å². The molecule has 1 heterocycles. The van der Waals surface area contributed by atoms with E-state index < -0.39 is 9.05 Å². The van der Waals surface area contributed by atoms with Crippen LogP contribution in [0.2, 0.25) is 0 Å². The molecule has 1 aromatic carbocycles. The lowest BCUT2D eigenvalue weighted by Crippen LogP contribution is -2.03. The fourth-order valence-corrected chi connectivity index (χ4v) is 2.19. The highest BCUT2D eigenvalue weighted by Gasteiger charge is 2.17. The number of imidazole rings is 1. The Morgan fingerprint density at radius 2 is 1.87 bits per heavy atom. The lowest BCUT2D eigenvalue weighted by atomic mass is 10.3. The lowest BCUT2D eigenvalue weighted by molar-refractivity contribution is 0.598. The summed E-state index contributed by atoms with van der Waals surface area (Å²) in [5, 5.41) is -0.171. The zero-order valence-corrected chi connectivity index (χ0v) is 9.11. The van der Waals surface area contributed by atoms with Gasteiger partial charge in [-0.25, -0.2) is 13.4 Å². The zero-order valence-electron chi connectivity index (χ0n) is 7.54. The fraction of sp³-hybridized carbons (Fsp3) is 0. The van der Waals surface area contributed by atoms with E-state index in [2.05, 4.69) is 4.98 Å². The number of nitrogens with zero attached hydrogens (tertiary/aromatic N) is 2. The molecule has 0 aliphatic rings. The first-order valence-corrected chi connectivity index (χ1v) is 6.43. The number of aromatic nitrogens is 2. The average Bonchev–Trinajstić information content (AvgIpc) is 2.67. The minimum Gasteiger partial charge on any atom is -0.290 e. The average molecular weight is 243 g/mol. The van der Waals surface area contributed by atoms with Crippen LogP contribution >= 0.6 is 10.7 Å². The molecule has 15 heavy (non-hydrogen) atoms. The highest BCUT2D eigenvalue weighted by Crippen LogP contribution is 2.17. The summed E-state index contributed by atoms with van der Waals surface area (Å²) in [5.74, 6) is 0. The second-order valence-electron chi connectivity index (χ2n) is 2.85. The normalized spacial score (nSPS) is 11.5. The first kappa shape index (κ1) is 10.2. The highest BCUT2D eigenvalue weighted by atomic mass is 35.7. The van der Waals surface area contributed by atoms with Crippen molar-refractivity contribution in [1.29, 1.82) is 0 Å². The van der Waals surface area contributed by atoms with E-state index in [9.17, 15) is 8.42 Å². The Balaban J connectivity index is 2.61. The largest absolute Gasteiger partial charge is 0.295 e. The molecule has 0 bridgehead atoms. The molecule has 0 unspecified atom stereocenters. The Morgan fingerprint density at radius 1 is 1.20 bits per heavy atom. The molecule has 0 aliphatic heterocycles. The Hall–Kier alpha value is -1.33. The van der Waals surface area contributed by atoms with Crippen LogP contribution in [0.3, 0.4) is 0 Å². The van der Waals surface area contributed by atoms with Crippen LogP contribution in [-0.2, 0) is 9.05 Å². The summed E-state index contributed by atoms with van der Waals surface area (Å²) in [5.41, 5.74) is 0.703. The van der Waals surface area contributed by atoms with E-state index >= 15 is 0 Å². The maximum Gasteiger partial charge on any atom is 0.295 e. The molecule has 0 spiro atoms. The molecule has 2 rings (SSSR count). The molecular weight excluding hydrogens is 236 g/mol. The summed E-state index contributed by atoms with van der Waals surface area (Å²) in [6.45, 7) is 0. The van der Waals surface area contributed by atoms with E-state index in [1.807, 2.05) is 6.07 Å². The quantitative estimate of drug-likeness (QED) is 0.755. The highest BCUT2D eigenvalue weighted by molar-refractivity contribution is 8.13. The molecule has 4 nitrogen and oxygen atoms in total. The fourth-order valence-electron chi connectivity index (χ4n) is 1.26. The summed E-state index contributed by atoms with van der Waals surface area (Å²) >= 11 is 0. The molecule has 0 saturated carbocycles. The molecule has 78 valence electrons. The monoisotopic (exact) mass is 242 g/mol. The third-order valence-corrected chi connectivity index (χ3v) is 3.01. The van der Waals surface area contributed by atoms with Gasteiger partial charge in [0.05, 0.1) is 0 Å². The third-order valence-electron chi connectivity index (χ3n) is 1.86. The molecule has 2 aromatic rings. The van der Waals surface area contributed by atoms with Gasteiger partial charge in [0.1, 0.15) is 0 Å². The van der Waals surface area contributed by atoms with Crippen LogP contribution in [-0.4, -0.2) is 18.0 Å². The van der Waals surface area contributed by atoms with Crippen LogP contribution in [0.5, 0.6) is 0 Å². The van der Waals surface area contributed by atoms with Gasteiger partial charge in [-0.2, -0.15) is 0 Å². The van der Waals surface area contributed by atoms with Crippen LogP contribution in [0.4, 0.5) is 0 Å². The van der Waals surface area contributed by atoms with E-state index in [1.165, 1.54) is 10.8 Å². The van der Waals surface area contributed by atoms with Crippen LogP contribution in [0, 0.1) is 0 Å². The molecule has 1 aromatic heterocycles. The summed E-state index contributed by atoms with van der Waals surface area (Å²) in [7, 11) is 1.43. The van der Waals surface area contributed by atoms with Crippen molar-refractivity contribution >= 4 is 19.7 Å². The van der Waals surface area contributed by atoms with Crippen LogP contribution in [0.15, 0.2) is 47.9 Å². The van der Waals surface area contributed by atoms with Gasteiger partial charge in [0.25, 0.3) is 9.05 Å². The summed E-state index contributed by atoms with van der Waals surface area (Å²) in [4.78, 5) is 3.71. The van der Waals surface area contributed by atoms with Crippen molar-refractivity contribution in [2.75, 3.05) is 0 Å². The van der Waals surface area contributed by atoms with Crippen molar-refractivity contribution in [3.63, 3.8) is 0 Å². The van der Waals surface area contributed by atoms with Crippen molar-refractivity contribution in [1.82, 2.24) is 9.55 Å². The summed E-state index contributed by atoms with van der Waals surface area (Å²) in [6.07, 6.45) is 2.94. The topological polar surface area (TPSA) is 52.0 Å². The zero-order chi connectivity index (χ0) is 10.9. The maximum atomic E-state index is 11.2. The standard InChI is InChI=1S/C9H7ClN2O2S/c10-15(13,14)9-11-6-7-12(9)8-4-2-1-3-5-8/h1-7H. The van der Waals surface area contributed by atoms with Crippen LogP contribution in [0.25, 0.3) is 5.69 Å². The minimum absolute atomic E-state index is 0.171. The maximum absolute atomic E-state index is 11.2. The number of halogens is 1. The van der Waals surface area contributed by atoms with Gasteiger partial charge in [-0.1, -0.05) is 18.2 Å². The second-order valence-corrected chi connectivity index (χ2v) is 5.31. The van der Waals surface area contributed by atoms with Crippen molar-refractivity contribution < 1.29 is 8.42 Å². The van der Waals surface area contributed by atoms with E-state index in [0.29, 0.717) is 5.69 Å². The Labute approximate surface area is 91.6 Å². The Kier molecular flexibility index (Phi) is 2.50. The first-order chi connectivity index (χ1) is 7.09. The molecule has 0 radical (unpaired) electrons. The van der Waals surface area contributed by atoms with Gasteiger partial charge in [0, 0.05) is 28.8 Å². The van der Waals surface area contributed by atoms with Crippen molar-refractivity contribution in [3.05, 3.63) is 42.7 Å². The third kappa shape index (κ3) is 2.03. The van der Waals surface area contributed by atoms with Gasteiger partial charge >= 0.3 is 0 Å². The molecular formula is C9H7ClN2O2S. The molecule has 0 N–H and O–H groups in total. The number of para-hydroxylation sites is 1. The van der Waals surface area contributed by atoms with E-state index in [0.717, 1.165) is 0 Å². The summed E-state index contributed by atoms with van der Waals surface area (Å²) in [6, 6.07) is 9.00. The van der Waals surface area contributed by atoms with Crippen molar-refractivity contribution in [2.45, 2.75) is 5.16 Å². The molecule has 0 saturated heterocycles.